The summed E-state index contributed by atoms with van der Waals surface area (Å²) in [7, 11) is 0. The normalized spacial score (nSPS) is 17.2. The maximum Gasteiger partial charge on any atom is 0.293 e. The van der Waals surface area contributed by atoms with Crippen LogP contribution in [0.25, 0.3) is 0 Å². The Morgan fingerprint density at radius 2 is 1.94 bits per heavy atom. The van der Waals surface area contributed by atoms with Gasteiger partial charge in [-0.2, -0.15) is 0 Å². The minimum atomic E-state index is -0.289. The topological polar surface area (TPSA) is 75.9 Å². The van der Waals surface area contributed by atoms with Gasteiger partial charge in [-0.05, 0) is 31.2 Å². The third kappa shape index (κ3) is 2.44. The Hall–Kier alpha value is -1.50. The lowest BCUT2D eigenvalue weighted by Crippen LogP contribution is -2.47. The molecular weight excluding hydrogens is 220 g/mol. The molecular formula is C10H18N6O. The van der Waals surface area contributed by atoms with E-state index in [1.54, 1.807) is 9.58 Å². The maximum absolute atomic E-state index is 12.3. The molecule has 7 heteroatoms. The lowest BCUT2D eigenvalue weighted by atomic mass is 10.1. The number of aromatic nitrogens is 4. The molecule has 1 N–H and O–H groups in total. The molecule has 1 aromatic rings. The number of amides is 1. The van der Waals surface area contributed by atoms with Crippen LogP contribution in [0.2, 0.25) is 0 Å². The number of hydrogen-bond acceptors (Lipinski definition) is 5. The first-order valence-corrected chi connectivity index (χ1v) is 5.79. The average Bonchev–Trinajstić information content (AvgIpc) is 2.78. The molecule has 0 spiro atoms. The van der Waals surface area contributed by atoms with E-state index >= 15 is 0 Å². The van der Waals surface area contributed by atoms with Crippen molar-refractivity contribution in [3.8, 4) is 0 Å². The second-order valence-electron chi connectivity index (χ2n) is 5.13. The Bertz CT molecular complexity index is 401. The first kappa shape index (κ1) is 12.0. The fourth-order valence-electron chi connectivity index (χ4n) is 1.78. The summed E-state index contributed by atoms with van der Waals surface area (Å²) in [4.78, 5) is 14.0. The van der Waals surface area contributed by atoms with Gasteiger partial charge >= 0.3 is 0 Å². The summed E-state index contributed by atoms with van der Waals surface area (Å²) in [6.07, 6.45) is 0. The smallest absolute Gasteiger partial charge is 0.293 e. The van der Waals surface area contributed by atoms with Crippen LogP contribution in [0.1, 0.15) is 31.4 Å². The molecule has 2 rings (SSSR count). The van der Waals surface area contributed by atoms with E-state index in [1.165, 1.54) is 0 Å². The van der Waals surface area contributed by atoms with Crippen molar-refractivity contribution in [2.75, 3.05) is 26.2 Å². The van der Waals surface area contributed by atoms with Gasteiger partial charge < -0.3 is 10.2 Å². The number of piperazine rings is 1. The molecule has 7 nitrogen and oxygen atoms in total. The molecule has 0 unspecified atom stereocenters. The van der Waals surface area contributed by atoms with Crippen molar-refractivity contribution in [1.29, 1.82) is 0 Å². The first-order chi connectivity index (χ1) is 8.00. The molecule has 1 fully saturated rings. The molecule has 0 radical (unpaired) electrons. The van der Waals surface area contributed by atoms with Gasteiger partial charge in [0.1, 0.15) is 0 Å². The van der Waals surface area contributed by atoms with Crippen LogP contribution in [0.3, 0.4) is 0 Å². The first-order valence-electron chi connectivity index (χ1n) is 5.79. The quantitative estimate of drug-likeness (QED) is 0.712. The summed E-state index contributed by atoms with van der Waals surface area (Å²) in [5.41, 5.74) is -0.289. The van der Waals surface area contributed by atoms with Gasteiger partial charge in [-0.15, -0.1) is 5.10 Å². The third-order valence-corrected chi connectivity index (χ3v) is 2.70. The summed E-state index contributed by atoms with van der Waals surface area (Å²) in [6.45, 7) is 8.96. The minimum absolute atomic E-state index is 0.0913. The van der Waals surface area contributed by atoms with Gasteiger partial charge in [0, 0.05) is 26.2 Å². The molecule has 2 heterocycles. The highest BCUT2D eigenvalue weighted by Gasteiger charge is 2.28. The molecule has 94 valence electrons. The van der Waals surface area contributed by atoms with Gasteiger partial charge in [-0.1, -0.05) is 0 Å². The second kappa shape index (κ2) is 4.40. The van der Waals surface area contributed by atoms with E-state index in [1.807, 2.05) is 20.8 Å². The van der Waals surface area contributed by atoms with Gasteiger partial charge in [-0.25, -0.2) is 4.68 Å². The zero-order valence-corrected chi connectivity index (χ0v) is 10.5. The SMILES string of the molecule is CC(C)(C)n1nnnc1C(=O)N1CCNCC1. The predicted molar refractivity (Wildman–Crippen MR) is 61.6 cm³/mol. The summed E-state index contributed by atoms with van der Waals surface area (Å²) < 4.78 is 1.58. The molecule has 1 amide bonds. The van der Waals surface area contributed by atoms with Gasteiger partial charge in [0.25, 0.3) is 5.91 Å². The van der Waals surface area contributed by atoms with Crippen molar-refractivity contribution in [1.82, 2.24) is 30.4 Å². The summed E-state index contributed by atoms with van der Waals surface area (Å²) in [6, 6.07) is 0. The molecule has 1 aromatic heterocycles. The maximum atomic E-state index is 12.3. The second-order valence-corrected chi connectivity index (χ2v) is 5.13. The van der Waals surface area contributed by atoms with Crippen molar-refractivity contribution in [3.63, 3.8) is 0 Å². The van der Waals surface area contributed by atoms with E-state index in [4.69, 9.17) is 0 Å². The summed E-state index contributed by atoms with van der Waals surface area (Å²) in [5, 5.41) is 14.6. The van der Waals surface area contributed by atoms with Gasteiger partial charge in [0.05, 0.1) is 5.54 Å². The Morgan fingerprint density at radius 1 is 1.29 bits per heavy atom. The number of tetrazole rings is 1. The summed E-state index contributed by atoms with van der Waals surface area (Å²) >= 11 is 0. The lowest BCUT2D eigenvalue weighted by Gasteiger charge is -2.28. The molecule has 1 saturated heterocycles. The van der Waals surface area contributed by atoms with Crippen LogP contribution >= 0.6 is 0 Å². The number of nitrogens with one attached hydrogen (secondary N) is 1. The average molecular weight is 238 g/mol. The Kier molecular flexibility index (Phi) is 3.10. The number of rotatable bonds is 1. The van der Waals surface area contributed by atoms with Crippen LogP contribution in [-0.4, -0.2) is 57.2 Å². The molecule has 1 aliphatic rings. The van der Waals surface area contributed by atoms with Crippen LogP contribution in [0.5, 0.6) is 0 Å². The van der Waals surface area contributed by atoms with Crippen molar-refractivity contribution < 1.29 is 4.79 Å². The summed E-state index contributed by atoms with van der Waals surface area (Å²) in [5.74, 6) is 0.228. The Balaban J connectivity index is 2.22. The fourth-order valence-corrected chi connectivity index (χ4v) is 1.78. The van der Waals surface area contributed by atoms with Crippen molar-refractivity contribution >= 4 is 5.91 Å². The standard InChI is InChI=1S/C10H18N6O/c1-10(2,3)16-8(12-13-14-16)9(17)15-6-4-11-5-7-15/h11H,4-7H2,1-3H3. The van der Waals surface area contributed by atoms with E-state index in [2.05, 4.69) is 20.8 Å². The van der Waals surface area contributed by atoms with E-state index in [-0.39, 0.29) is 11.4 Å². The van der Waals surface area contributed by atoms with Gasteiger partial charge in [-0.3, -0.25) is 4.79 Å². The van der Waals surface area contributed by atoms with Crippen LogP contribution in [-0.2, 0) is 5.54 Å². The Morgan fingerprint density at radius 3 is 2.53 bits per heavy atom. The van der Waals surface area contributed by atoms with Crippen molar-refractivity contribution in [2.45, 2.75) is 26.3 Å². The largest absolute Gasteiger partial charge is 0.333 e. The molecule has 0 atom stereocenters. The molecule has 0 saturated carbocycles. The molecule has 17 heavy (non-hydrogen) atoms. The number of carbonyl (C=O) groups is 1. The third-order valence-electron chi connectivity index (χ3n) is 2.70. The van der Waals surface area contributed by atoms with Gasteiger partial charge in [0.15, 0.2) is 0 Å². The fraction of sp³-hybridized carbons (Fsp3) is 0.800. The van der Waals surface area contributed by atoms with E-state index in [0.717, 1.165) is 13.1 Å². The highest BCUT2D eigenvalue weighted by atomic mass is 16.2. The minimum Gasteiger partial charge on any atom is -0.333 e. The Labute approximate surface area is 100 Å². The predicted octanol–water partition coefficient (Wildman–Crippen LogP) is -0.526. The van der Waals surface area contributed by atoms with Crippen molar-refractivity contribution in [2.24, 2.45) is 0 Å². The molecule has 0 bridgehead atoms. The highest BCUT2D eigenvalue weighted by molar-refractivity contribution is 5.90. The molecule has 0 aromatic carbocycles. The highest BCUT2D eigenvalue weighted by Crippen LogP contribution is 2.14. The van der Waals surface area contributed by atoms with Crippen molar-refractivity contribution in [3.05, 3.63) is 5.82 Å². The van der Waals surface area contributed by atoms with Crippen LogP contribution in [0, 0.1) is 0 Å². The number of hydrogen-bond donors (Lipinski definition) is 1. The molecule has 0 aliphatic carbocycles. The molecule has 1 aliphatic heterocycles. The van der Waals surface area contributed by atoms with Crippen LogP contribution in [0.15, 0.2) is 0 Å². The number of nitrogens with zero attached hydrogens (tertiary/aromatic N) is 5. The number of carbonyl (C=O) groups excluding carboxylic acids is 1. The van der Waals surface area contributed by atoms with E-state index < -0.39 is 0 Å². The van der Waals surface area contributed by atoms with E-state index in [9.17, 15) is 4.79 Å². The zero-order chi connectivity index (χ0) is 12.5. The van der Waals surface area contributed by atoms with E-state index in [0.29, 0.717) is 18.9 Å². The lowest BCUT2D eigenvalue weighted by molar-refractivity contribution is 0.0708. The van der Waals surface area contributed by atoms with Gasteiger partial charge in [0.2, 0.25) is 5.82 Å². The van der Waals surface area contributed by atoms with Crippen LogP contribution in [0.4, 0.5) is 0 Å². The zero-order valence-electron chi connectivity index (χ0n) is 10.5. The van der Waals surface area contributed by atoms with Crippen LogP contribution < -0.4 is 5.32 Å². The monoisotopic (exact) mass is 238 g/mol.